The molecule has 2 aliphatic rings. The third kappa shape index (κ3) is 3.69. The van der Waals surface area contributed by atoms with Crippen molar-refractivity contribution in [1.82, 2.24) is 10.3 Å². The molecule has 0 atom stereocenters. The van der Waals surface area contributed by atoms with Gasteiger partial charge in [-0.25, -0.2) is 0 Å². The van der Waals surface area contributed by atoms with Crippen molar-refractivity contribution >= 4 is 5.69 Å². The van der Waals surface area contributed by atoms with Gasteiger partial charge < -0.3 is 10.2 Å². The highest BCUT2D eigenvalue weighted by Crippen LogP contribution is 2.37. The Kier molecular flexibility index (Phi) is 4.02. The standard InChI is InChI=1S/C16H25N3/c1-2-8-17-11-14-10-16(7-9-18-14)19(15-5-6-15)12-13-3-4-13/h7,9-10,13,15,17H,2-6,8,11-12H2,1H3. The molecule has 2 fully saturated rings. The number of rotatable bonds is 8. The lowest BCUT2D eigenvalue weighted by Crippen LogP contribution is -2.28. The van der Waals surface area contributed by atoms with E-state index in [1.807, 2.05) is 6.20 Å². The van der Waals surface area contributed by atoms with E-state index in [0.29, 0.717) is 0 Å². The van der Waals surface area contributed by atoms with Gasteiger partial charge >= 0.3 is 0 Å². The van der Waals surface area contributed by atoms with Crippen LogP contribution in [0.15, 0.2) is 18.3 Å². The Morgan fingerprint density at radius 1 is 1.32 bits per heavy atom. The SMILES string of the molecule is CCCNCc1cc(N(CC2CC2)C2CC2)ccn1. The molecule has 3 rings (SSSR count). The molecule has 0 aliphatic heterocycles. The molecule has 2 saturated carbocycles. The molecule has 0 spiro atoms. The molecule has 104 valence electrons. The van der Waals surface area contributed by atoms with E-state index < -0.39 is 0 Å². The summed E-state index contributed by atoms with van der Waals surface area (Å²) in [6.45, 7) is 5.42. The minimum Gasteiger partial charge on any atom is -0.368 e. The average Bonchev–Trinajstić information content (AvgIpc) is 3.29. The van der Waals surface area contributed by atoms with Gasteiger partial charge in [-0.2, -0.15) is 0 Å². The Labute approximate surface area is 116 Å². The zero-order valence-electron chi connectivity index (χ0n) is 11.9. The van der Waals surface area contributed by atoms with Gasteiger partial charge in [-0.05, 0) is 56.7 Å². The smallest absolute Gasteiger partial charge is 0.0562 e. The Balaban J connectivity index is 1.65. The maximum Gasteiger partial charge on any atom is 0.0562 e. The molecule has 3 nitrogen and oxygen atoms in total. The van der Waals surface area contributed by atoms with Crippen LogP contribution in [0.1, 0.15) is 44.7 Å². The zero-order valence-corrected chi connectivity index (χ0v) is 11.9. The fraction of sp³-hybridized carbons (Fsp3) is 0.688. The van der Waals surface area contributed by atoms with Gasteiger partial charge in [-0.15, -0.1) is 0 Å². The maximum absolute atomic E-state index is 4.48. The lowest BCUT2D eigenvalue weighted by molar-refractivity contribution is 0.662. The molecular formula is C16H25N3. The van der Waals surface area contributed by atoms with E-state index in [4.69, 9.17) is 0 Å². The van der Waals surface area contributed by atoms with Crippen molar-refractivity contribution < 1.29 is 0 Å². The quantitative estimate of drug-likeness (QED) is 0.728. The zero-order chi connectivity index (χ0) is 13.1. The molecule has 0 aromatic carbocycles. The molecular weight excluding hydrogens is 234 g/mol. The monoisotopic (exact) mass is 259 g/mol. The highest BCUT2D eigenvalue weighted by atomic mass is 15.2. The molecule has 1 aromatic heterocycles. The summed E-state index contributed by atoms with van der Waals surface area (Å²) in [6, 6.07) is 5.27. The first-order valence-electron chi connectivity index (χ1n) is 7.79. The predicted octanol–water partition coefficient (Wildman–Crippen LogP) is 2.96. The first-order chi connectivity index (χ1) is 9.36. The second-order valence-electron chi connectivity index (χ2n) is 6.01. The summed E-state index contributed by atoms with van der Waals surface area (Å²) >= 11 is 0. The topological polar surface area (TPSA) is 28.2 Å². The number of hydrogen-bond donors (Lipinski definition) is 1. The average molecular weight is 259 g/mol. The summed E-state index contributed by atoms with van der Waals surface area (Å²) in [5, 5.41) is 3.43. The second kappa shape index (κ2) is 5.91. The summed E-state index contributed by atoms with van der Waals surface area (Å²) < 4.78 is 0. The predicted molar refractivity (Wildman–Crippen MR) is 79.3 cm³/mol. The van der Waals surface area contributed by atoms with Crippen molar-refractivity contribution in [3.8, 4) is 0 Å². The van der Waals surface area contributed by atoms with Gasteiger partial charge in [-0.1, -0.05) is 6.92 Å². The Hall–Kier alpha value is -1.09. The van der Waals surface area contributed by atoms with Crippen LogP contribution in [-0.4, -0.2) is 24.1 Å². The molecule has 1 aromatic rings. The molecule has 1 heterocycles. The second-order valence-corrected chi connectivity index (χ2v) is 6.01. The number of nitrogens with zero attached hydrogens (tertiary/aromatic N) is 2. The van der Waals surface area contributed by atoms with E-state index in [0.717, 1.165) is 25.0 Å². The van der Waals surface area contributed by atoms with Crippen LogP contribution in [0.4, 0.5) is 5.69 Å². The molecule has 19 heavy (non-hydrogen) atoms. The van der Waals surface area contributed by atoms with Gasteiger partial charge in [0.1, 0.15) is 0 Å². The van der Waals surface area contributed by atoms with Crippen LogP contribution in [0.3, 0.4) is 0 Å². The minimum atomic E-state index is 0.805. The molecule has 3 heteroatoms. The van der Waals surface area contributed by atoms with Gasteiger partial charge in [0.15, 0.2) is 0 Å². The van der Waals surface area contributed by atoms with Gasteiger partial charge in [0.25, 0.3) is 0 Å². The minimum absolute atomic E-state index is 0.805. The number of nitrogens with one attached hydrogen (secondary N) is 1. The van der Waals surface area contributed by atoms with Crippen LogP contribution in [-0.2, 0) is 6.54 Å². The first-order valence-corrected chi connectivity index (χ1v) is 7.79. The number of aromatic nitrogens is 1. The molecule has 0 unspecified atom stereocenters. The third-order valence-electron chi connectivity index (χ3n) is 4.00. The third-order valence-corrected chi connectivity index (χ3v) is 4.00. The van der Waals surface area contributed by atoms with Crippen molar-refractivity contribution in [2.24, 2.45) is 5.92 Å². The summed E-state index contributed by atoms with van der Waals surface area (Å²) in [7, 11) is 0. The van der Waals surface area contributed by atoms with Crippen molar-refractivity contribution in [1.29, 1.82) is 0 Å². The van der Waals surface area contributed by atoms with E-state index in [1.54, 1.807) is 0 Å². The summed E-state index contributed by atoms with van der Waals surface area (Å²) in [5.74, 6) is 0.954. The van der Waals surface area contributed by atoms with Gasteiger partial charge in [0.05, 0.1) is 5.69 Å². The Bertz CT molecular complexity index is 410. The number of pyridine rings is 1. The highest BCUT2D eigenvalue weighted by molar-refractivity contribution is 5.49. The number of hydrogen-bond acceptors (Lipinski definition) is 3. The van der Waals surface area contributed by atoms with Crippen LogP contribution in [0, 0.1) is 5.92 Å². The van der Waals surface area contributed by atoms with Crippen LogP contribution >= 0.6 is 0 Å². The van der Waals surface area contributed by atoms with Crippen molar-refractivity contribution in [2.45, 2.75) is 51.6 Å². The van der Waals surface area contributed by atoms with Crippen molar-refractivity contribution in [3.63, 3.8) is 0 Å². The lowest BCUT2D eigenvalue weighted by atomic mass is 10.2. The summed E-state index contributed by atoms with van der Waals surface area (Å²) in [6.07, 6.45) is 8.76. The van der Waals surface area contributed by atoms with E-state index in [-0.39, 0.29) is 0 Å². The van der Waals surface area contributed by atoms with Crippen LogP contribution in [0.2, 0.25) is 0 Å². The van der Waals surface area contributed by atoms with Gasteiger partial charge in [-0.3, -0.25) is 4.98 Å². The van der Waals surface area contributed by atoms with Crippen LogP contribution < -0.4 is 10.2 Å². The van der Waals surface area contributed by atoms with Crippen molar-refractivity contribution in [2.75, 3.05) is 18.0 Å². The fourth-order valence-corrected chi connectivity index (χ4v) is 2.56. The molecule has 1 N–H and O–H groups in total. The van der Waals surface area contributed by atoms with Crippen molar-refractivity contribution in [3.05, 3.63) is 24.0 Å². The lowest BCUT2D eigenvalue weighted by Gasteiger charge is -2.25. The van der Waals surface area contributed by atoms with E-state index in [2.05, 4.69) is 34.3 Å². The highest BCUT2D eigenvalue weighted by Gasteiger charge is 2.33. The Morgan fingerprint density at radius 2 is 2.16 bits per heavy atom. The number of anilines is 1. The molecule has 0 radical (unpaired) electrons. The summed E-state index contributed by atoms with van der Waals surface area (Å²) in [5.41, 5.74) is 2.56. The van der Waals surface area contributed by atoms with Crippen LogP contribution in [0.5, 0.6) is 0 Å². The molecule has 0 saturated heterocycles. The molecule has 2 aliphatic carbocycles. The van der Waals surface area contributed by atoms with E-state index in [1.165, 1.54) is 50.0 Å². The normalized spacial score (nSPS) is 18.6. The molecule has 0 amide bonds. The van der Waals surface area contributed by atoms with E-state index >= 15 is 0 Å². The first kappa shape index (κ1) is 12.9. The van der Waals surface area contributed by atoms with Gasteiger partial charge in [0, 0.05) is 31.0 Å². The maximum atomic E-state index is 4.48. The largest absolute Gasteiger partial charge is 0.368 e. The summed E-state index contributed by atoms with van der Waals surface area (Å²) in [4.78, 5) is 7.11. The van der Waals surface area contributed by atoms with Crippen LogP contribution in [0.25, 0.3) is 0 Å². The molecule has 0 bridgehead atoms. The van der Waals surface area contributed by atoms with E-state index in [9.17, 15) is 0 Å². The fourth-order valence-electron chi connectivity index (χ4n) is 2.56. The Morgan fingerprint density at radius 3 is 2.84 bits per heavy atom. The van der Waals surface area contributed by atoms with Gasteiger partial charge in [0.2, 0.25) is 0 Å².